The number of hydrogen-bond acceptors (Lipinski definition) is 2. The summed E-state index contributed by atoms with van der Waals surface area (Å²) in [5.41, 5.74) is 17.0. The van der Waals surface area contributed by atoms with Crippen LogP contribution < -0.4 is 10.1 Å². The van der Waals surface area contributed by atoms with Crippen molar-refractivity contribution in [3.05, 3.63) is 228 Å². The predicted molar refractivity (Wildman–Crippen MR) is 217 cm³/mol. The van der Waals surface area contributed by atoms with Gasteiger partial charge in [-0.3, -0.25) is 0 Å². The van der Waals surface area contributed by atoms with Gasteiger partial charge in [0, 0.05) is 24.2 Å². The molecule has 1 N–H and O–H groups in total. The second-order valence-electron chi connectivity index (χ2n) is 14.1. The second-order valence-corrected chi connectivity index (χ2v) is 14.1. The Balaban J connectivity index is 0.916. The van der Waals surface area contributed by atoms with E-state index in [0.29, 0.717) is 0 Å². The first-order valence-corrected chi connectivity index (χ1v) is 18.4. The van der Waals surface area contributed by atoms with E-state index in [0.717, 1.165) is 24.6 Å². The Bertz CT molecular complexity index is 2560. The van der Waals surface area contributed by atoms with Crippen LogP contribution in [0.4, 0.5) is 0 Å². The fraction of sp³-hybridized carbons (Fsp3) is 0.0588. The van der Waals surface area contributed by atoms with Crippen molar-refractivity contribution in [1.29, 1.82) is 0 Å². The summed E-state index contributed by atoms with van der Waals surface area (Å²) in [5.74, 6) is 1.84. The van der Waals surface area contributed by atoms with E-state index in [2.05, 4.69) is 199 Å². The highest BCUT2D eigenvalue weighted by molar-refractivity contribution is 5.91. The van der Waals surface area contributed by atoms with E-state index < -0.39 is 5.41 Å². The largest absolute Gasteiger partial charge is 0.457 e. The van der Waals surface area contributed by atoms with Gasteiger partial charge < -0.3 is 10.1 Å². The van der Waals surface area contributed by atoms with Gasteiger partial charge in [0.05, 0.1) is 5.41 Å². The van der Waals surface area contributed by atoms with Crippen molar-refractivity contribution in [3.63, 3.8) is 0 Å². The highest BCUT2D eigenvalue weighted by Gasteiger charge is 2.50. The summed E-state index contributed by atoms with van der Waals surface area (Å²) in [6.45, 7) is 1.65. The Hall–Kier alpha value is -6.48. The fourth-order valence-electron chi connectivity index (χ4n) is 8.53. The lowest BCUT2D eigenvalue weighted by Gasteiger charge is -2.39. The van der Waals surface area contributed by atoms with Crippen LogP contribution in [0, 0.1) is 0 Å². The molecule has 53 heavy (non-hydrogen) atoms. The van der Waals surface area contributed by atoms with Crippen LogP contribution in [0.2, 0.25) is 0 Å². The highest BCUT2D eigenvalue weighted by atomic mass is 16.5. The molecule has 2 heteroatoms. The zero-order valence-corrected chi connectivity index (χ0v) is 29.3. The summed E-state index contributed by atoms with van der Waals surface area (Å²) in [7, 11) is 0. The van der Waals surface area contributed by atoms with E-state index in [1.54, 1.807) is 0 Å². The van der Waals surface area contributed by atoms with Crippen molar-refractivity contribution in [2.45, 2.75) is 18.5 Å². The van der Waals surface area contributed by atoms with Crippen LogP contribution in [0.25, 0.3) is 44.5 Å². The molecular weight excluding hydrogens is 643 g/mol. The molecule has 8 aromatic carbocycles. The van der Waals surface area contributed by atoms with Gasteiger partial charge in [0.15, 0.2) is 0 Å². The van der Waals surface area contributed by atoms with Crippen molar-refractivity contribution < 1.29 is 4.74 Å². The summed E-state index contributed by atoms with van der Waals surface area (Å²) in [5, 5.41) is 3.62. The smallest absolute Gasteiger partial charge is 0.132 e. The summed E-state index contributed by atoms with van der Waals surface area (Å²) in [6, 6.07) is 70.3. The minimum atomic E-state index is -0.443. The molecule has 0 atom stereocenters. The molecule has 252 valence electrons. The Morgan fingerprint density at radius 2 is 0.792 bits per heavy atom. The quantitative estimate of drug-likeness (QED) is 0.181. The molecule has 10 rings (SSSR count). The van der Waals surface area contributed by atoms with Crippen LogP contribution in [-0.2, 0) is 18.5 Å². The monoisotopic (exact) mass is 679 g/mol. The van der Waals surface area contributed by atoms with Gasteiger partial charge >= 0.3 is 0 Å². The van der Waals surface area contributed by atoms with Crippen LogP contribution in [0.15, 0.2) is 194 Å². The topological polar surface area (TPSA) is 21.3 Å². The molecule has 8 aromatic rings. The molecule has 2 aliphatic rings. The zero-order valence-electron chi connectivity index (χ0n) is 29.3. The number of nitrogens with one attached hydrogen (secondary N) is 1. The van der Waals surface area contributed by atoms with Crippen LogP contribution >= 0.6 is 0 Å². The van der Waals surface area contributed by atoms with Crippen molar-refractivity contribution in [3.8, 4) is 56.0 Å². The van der Waals surface area contributed by atoms with Gasteiger partial charge in [0.1, 0.15) is 11.5 Å². The minimum Gasteiger partial charge on any atom is -0.457 e. The SMILES string of the molecule is c1ccc(-c2ccc(CNCc3ccc(-c4cccc(-c5ccc6c(c5)-c5ccccc5C65c6ccccc6Oc6ccccc65)c4)cc3)cc2)cc1. The van der Waals surface area contributed by atoms with Gasteiger partial charge in [-0.15, -0.1) is 0 Å². The third kappa shape index (κ3) is 5.30. The Morgan fingerprint density at radius 3 is 1.45 bits per heavy atom. The summed E-state index contributed by atoms with van der Waals surface area (Å²) in [6.07, 6.45) is 0. The standard InChI is InChI=1S/C51H37NO/c1-2-11-37(12-3-1)38-25-21-35(22-26-38)33-52-34-36-23-27-39(28-24-36)40-13-10-14-41(31-40)42-29-30-46-44(32-42)43-15-4-5-16-45(43)51(46)47-17-6-8-19-49(47)53-50-20-9-7-18-48(50)51/h1-32,52H,33-34H2. The van der Waals surface area contributed by atoms with Crippen molar-refractivity contribution in [2.24, 2.45) is 0 Å². The molecule has 1 aliphatic carbocycles. The lowest BCUT2D eigenvalue weighted by atomic mass is 9.66. The van der Waals surface area contributed by atoms with Gasteiger partial charge in [-0.05, 0) is 91.0 Å². The first-order chi connectivity index (χ1) is 26.3. The molecule has 0 amide bonds. The summed E-state index contributed by atoms with van der Waals surface area (Å²) in [4.78, 5) is 0. The van der Waals surface area contributed by atoms with Crippen molar-refractivity contribution in [2.75, 3.05) is 0 Å². The van der Waals surface area contributed by atoms with Crippen LogP contribution in [0.1, 0.15) is 33.4 Å². The van der Waals surface area contributed by atoms with Gasteiger partial charge in [-0.2, -0.15) is 0 Å². The molecule has 1 aliphatic heterocycles. The maximum absolute atomic E-state index is 6.50. The molecule has 0 unspecified atom stereocenters. The Kier molecular flexibility index (Phi) is 7.63. The van der Waals surface area contributed by atoms with E-state index in [1.165, 1.54) is 77.9 Å². The second kappa shape index (κ2) is 12.9. The fourth-order valence-corrected chi connectivity index (χ4v) is 8.53. The van der Waals surface area contributed by atoms with Crippen LogP contribution in [0.5, 0.6) is 11.5 Å². The Morgan fingerprint density at radius 1 is 0.340 bits per heavy atom. The van der Waals surface area contributed by atoms with Crippen LogP contribution in [-0.4, -0.2) is 0 Å². The van der Waals surface area contributed by atoms with E-state index >= 15 is 0 Å². The maximum atomic E-state index is 6.50. The molecular formula is C51H37NO. The number of rotatable bonds is 7. The summed E-state index contributed by atoms with van der Waals surface area (Å²) >= 11 is 0. The lowest BCUT2D eigenvalue weighted by molar-refractivity contribution is 0.436. The van der Waals surface area contributed by atoms with Crippen molar-refractivity contribution in [1.82, 2.24) is 5.32 Å². The molecule has 1 spiro atoms. The lowest BCUT2D eigenvalue weighted by Crippen LogP contribution is -2.32. The van der Waals surface area contributed by atoms with E-state index in [-0.39, 0.29) is 0 Å². The number of benzene rings is 8. The third-order valence-corrected chi connectivity index (χ3v) is 11.0. The predicted octanol–water partition coefficient (Wildman–Crippen LogP) is 12.4. The molecule has 0 bridgehead atoms. The first kappa shape index (κ1) is 31.3. The molecule has 1 heterocycles. The average molecular weight is 680 g/mol. The average Bonchev–Trinajstić information content (AvgIpc) is 3.52. The van der Waals surface area contributed by atoms with Crippen molar-refractivity contribution >= 4 is 0 Å². The third-order valence-electron chi connectivity index (χ3n) is 11.0. The molecule has 0 aromatic heterocycles. The zero-order chi connectivity index (χ0) is 35.2. The normalized spacial score (nSPS) is 13.1. The number of ether oxygens (including phenoxy) is 1. The minimum absolute atomic E-state index is 0.443. The molecule has 0 saturated heterocycles. The van der Waals surface area contributed by atoms with E-state index in [1.807, 2.05) is 0 Å². The molecule has 2 nitrogen and oxygen atoms in total. The van der Waals surface area contributed by atoms with Gasteiger partial charge in [-0.25, -0.2) is 0 Å². The molecule has 0 radical (unpaired) electrons. The summed E-state index contributed by atoms with van der Waals surface area (Å²) < 4.78 is 6.50. The van der Waals surface area contributed by atoms with E-state index in [4.69, 9.17) is 4.74 Å². The maximum Gasteiger partial charge on any atom is 0.132 e. The Labute approximate surface area is 311 Å². The molecule has 0 fully saturated rings. The number of hydrogen-bond donors (Lipinski definition) is 1. The highest BCUT2D eigenvalue weighted by Crippen LogP contribution is 2.62. The van der Waals surface area contributed by atoms with Gasteiger partial charge in [-0.1, -0.05) is 170 Å². The van der Waals surface area contributed by atoms with Gasteiger partial charge in [0.2, 0.25) is 0 Å². The number of fused-ring (bicyclic) bond motifs is 9. The van der Waals surface area contributed by atoms with E-state index in [9.17, 15) is 0 Å². The van der Waals surface area contributed by atoms with Crippen LogP contribution in [0.3, 0.4) is 0 Å². The van der Waals surface area contributed by atoms with Gasteiger partial charge in [0.25, 0.3) is 0 Å². The molecule has 0 saturated carbocycles. The number of para-hydroxylation sites is 2. The first-order valence-electron chi connectivity index (χ1n) is 18.4.